The first-order valence-electron chi connectivity index (χ1n) is 11.6. The molecule has 4 aliphatic carbocycles. The molecule has 0 bridgehead atoms. The predicted octanol–water partition coefficient (Wildman–Crippen LogP) is 2.49. The molecule has 7 heteroatoms. The monoisotopic (exact) mass is 446 g/mol. The molecule has 0 aliphatic heterocycles. The minimum atomic E-state index is -1.42. The van der Waals surface area contributed by atoms with Gasteiger partial charge in [-0.2, -0.15) is 0 Å². The van der Waals surface area contributed by atoms with E-state index in [1.165, 1.54) is 13.8 Å². The van der Waals surface area contributed by atoms with Crippen LogP contribution in [0.25, 0.3) is 0 Å². The van der Waals surface area contributed by atoms with Crippen molar-refractivity contribution in [1.29, 1.82) is 0 Å². The van der Waals surface area contributed by atoms with Crippen LogP contribution in [0, 0.1) is 28.6 Å². The van der Waals surface area contributed by atoms with E-state index in [4.69, 9.17) is 9.47 Å². The smallest absolute Gasteiger partial charge is 0.303 e. The molecule has 0 amide bonds. The largest absolute Gasteiger partial charge is 0.462 e. The van der Waals surface area contributed by atoms with Crippen molar-refractivity contribution in [2.45, 2.75) is 77.6 Å². The average molecular weight is 447 g/mol. The molecule has 0 aromatic carbocycles. The van der Waals surface area contributed by atoms with Gasteiger partial charge in [0, 0.05) is 30.6 Å². The van der Waals surface area contributed by atoms with E-state index in [1.807, 2.05) is 13.0 Å². The Bertz CT molecular complexity index is 891. The minimum Gasteiger partial charge on any atom is -0.462 e. The van der Waals surface area contributed by atoms with Gasteiger partial charge in [-0.15, -0.1) is 0 Å². The topological polar surface area (TPSA) is 110 Å². The molecule has 8 atom stereocenters. The highest BCUT2D eigenvalue weighted by Crippen LogP contribution is 2.67. The predicted molar refractivity (Wildman–Crippen MR) is 115 cm³/mol. The summed E-state index contributed by atoms with van der Waals surface area (Å²) >= 11 is 0. The van der Waals surface area contributed by atoms with Gasteiger partial charge < -0.3 is 19.7 Å². The number of fused-ring (bicyclic) bond motifs is 5. The van der Waals surface area contributed by atoms with Crippen LogP contribution in [0.4, 0.5) is 0 Å². The zero-order valence-electron chi connectivity index (χ0n) is 19.3. The molecule has 3 saturated carbocycles. The summed E-state index contributed by atoms with van der Waals surface area (Å²) in [6.07, 6.45) is 6.69. The van der Waals surface area contributed by atoms with Gasteiger partial charge in [0.2, 0.25) is 0 Å². The van der Waals surface area contributed by atoms with Crippen LogP contribution in [-0.4, -0.2) is 52.4 Å². The van der Waals surface area contributed by atoms with Crippen molar-refractivity contribution in [3.05, 3.63) is 23.8 Å². The molecule has 0 aromatic rings. The molecular formula is C25H34O7. The molecule has 2 N–H and O–H groups in total. The highest BCUT2D eigenvalue weighted by atomic mass is 16.6. The molecule has 32 heavy (non-hydrogen) atoms. The Morgan fingerprint density at radius 3 is 2.59 bits per heavy atom. The Balaban J connectivity index is 1.68. The first-order valence-corrected chi connectivity index (χ1v) is 11.6. The maximum atomic E-state index is 12.0. The van der Waals surface area contributed by atoms with Gasteiger partial charge in [0.05, 0.1) is 6.10 Å². The van der Waals surface area contributed by atoms with Crippen LogP contribution in [0.3, 0.4) is 0 Å². The van der Waals surface area contributed by atoms with E-state index < -0.39 is 35.2 Å². The van der Waals surface area contributed by atoms with Crippen LogP contribution in [0.2, 0.25) is 0 Å². The number of ketones is 1. The van der Waals surface area contributed by atoms with Gasteiger partial charge in [0.15, 0.2) is 11.9 Å². The lowest BCUT2D eigenvalue weighted by molar-refractivity contribution is -0.218. The normalized spacial score (nSPS) is 43.4. The fraction of sp³-hybridized carbons (Fsp3) is 0.720. The number of aliphatic hydroxyl groups excluding tert-OH is 1. The Morgan fingerprint density at radius 2 is 1.94 bits per heavy atom. The van der Waals surface area contributed by atoms with E-state index in [-0.39, 0.29) is 35.6 Å². The van der Waals surface area contributed by atoms with Crippen LogP contribution in [-0.2, 0) is 23.9 Å². The second-order valence-corrected chi connectivity index (χ2v) is 10.6. The maximum Gasteiger partial charge on any atom is 0.303 e. The number of carbonyl (C=O) groups excluding carboxylic acids is 3. The third-order valence-corrected chi connectivity index (χ3v) is 8.99. The van der Waals surface area contributed by atoms with Crippen LogP contribution in [0.15, 0.2) is 23.8 Å². The summed E-state index contributed by atoms with van der Waals surface area (Å²) in [5.41, 5.74) is -1.43. The second kappa shape index (κ2) is 7.80. The highest BCUT2D eigenvalue weighted by Gasteiger charge is 2.68. The first kappa shape index (κ1) is 23.2. The van der Waals surface area contributed by atoms with Crippen molar-refractivity contribution in [3.63, 3.8) is 0 Å². The van der Waals surface area contributed by atoms with Gasteiger partial charge in [-0.05, 0) is 56.1 Å². The zero-order chi connectivity index (χ0) is 23.5. The van der Waals surface area contributed by atoms with E-state index >= 15 is 0 Å². The number of carbonyl (C=O) groups is 3. The number of hydrogen-bond donors (Lipinski definition) is 2. The van der Waals surface area contributed by atoms with Gasteiger partial charge in [-0.3, -0.25) is 14.4 Å². The van der Waals surface area contributed by atoms with Crippen LogP contribution in [0.5, 0.6) is 0 Å². The lowest BCUT2D eigenvalue weighted by Gasteiger charge is -2.60. The minimum absolute atomic E-state index is 0.00370. The number of aliphatic hydroxyl groups is 2. The Morgan fingerprint density at radius 1 is 1.22 bits per heavy atom. The van der Waals surface area contributed by atoms with Crippen molar-refractivity contribution in [2.24, 2.45) is 28.6 Å². The van der Waals surface area contributed by atoms with Gasteiger partial charge in [0.25, 0.3) is 0 Å². The highest BCUT2D eigenvalue weighted by molar-refractivity contribution is 6.01. The Hall–Kier alpha value is -1.99. The summed E-state index contributed by atoms with van der Waals surface area (Å²) in [6, 6.07) is 0. The number of ether oxygens (including phenoxy) is 2. The third kappa shape index (κ3) is 3.36. The van der Waals surface area contributed by atoms with Gasteiger partial charge in [-0.1, -0.05) is 25.5 Å². The lowest BCUT2D eigenvalue weighted by Crippen LogP contribution is -2.63. The fourth-order valence-corrected chi connectivity index (χ4v) is 7.56. The van der Waals surface area contributed by atoms with Crippen molar-refractivity contribution in [2.75, 3.05) is 6.61 Å². The van der Waals surface area contributed by atoms with E-state index in [9.17, 15) is 24.6 Å². The molecule has 4 aliphatic rings. The summed E-state index contributed by atoms with van der Waals surface area (Å²) in [6.45, 7) is 6.42. The molecule has 0 heterocycles. The maximum absolute atomic E-state index is 12.0. The number of rotatable bonds is 4. The van der Waals surface area contributed by atoms with Crippen LogP contribution in [0.1, 0.15) is 59.8 Å². The van der Waals surface area contributed by atoms with Crippen molar-refractivity contribution in [1.82, 2.24) is 0 Å². The number of hydrogen-bond acceptors (Lipinski definition) is 7. The van der Waals surface area contributed by atoms with Gasteiger partial charge in [0.1, 0.15) is 12.2 Å². The SMILES string of the molecule is CC(=O)OC[C@H](OC(C)=O)[C@]1(O)CC[C@H]2[C@@H]3CCC4=CC(=O)C=C[C@]4(C)[C@H]3[C@@H](O)C[C@@]21C. The standard InChI is InChI=1S/C25H34O7/c1-14(26)31-13-21(32-15(2)27)25(30)10-8-19-18-6-5-16-11-17(28)7-9-23(16,3)22(18)20(29)12-24(19,25)4/h7,9,11,18-22,29-30H,5-6,8,10,12-13H2,1-4H3/t18-,19-,20-,21-,22+,23-,24-,25+/m0/s1. The Kier molecular flexibility index (Phi) is 5.65. The molecule has 0 radical (unpaired) electrons. The summed E-state index contributed by atoms with van der Waals surface area (Å²) < 4.78 is 10.6. The lowest BCUT2D eigenvalue weighted by atomic mass is 9.46. The van der Waals surface area contributed by atoms with Gasteiger partial charge in [-0.25, -0.2) is 0 Å². The molecule has 7 nitrogen and oxygen atoms in total. The summed E-state index contributed by atoms with van der Waals surface area (Å²) in [5.74, 6) is -0.838. The molecule has 4 rings (SSSR count). The quantitative estimate of drug-likeness (QED) is 0.639. The van der Waals surface area contributed by atoms with Crippen molar-refractivity contribution >= 4 is 17.7 Å². The summed E-state index contributed by atoms with van der Waals surface area (Å²) in [7, 11) is 0. The molecule has 3 fully saturated rings. The van der Waals surface area contributed by atoms with E-state index in [1.54, 1.807) is 12.2 Å². The van der Waals surface area contributed by atoms with Crippen LogP contribution < -0.4 is 0 Å². The van der Waals surface area contributed by atoms with E-state index in [2.05, 4.69) is 6.92 Å². The van der Waals surface area contributed by atoms with E-state index in [0.717, 1.165) is 24.8 Å². The molecule has 0 saturated heterocycles. The van der Waals surface area contributed by atoms with E-state index in [0.29, 0.717) is 12.8 Å². The third-order valence-electron chi connectivity index (χ3n) is 8.99. The molecule has 176 valence electrons. The average Bonchev–Trinajstić information content (AvgIpc) is 2.96. The molecular weight excluding hydrogens is 412 g/mol. The van der Waals surface area contributed by atoms with Crippen LogP contribution >= 0.6 is 0 Å². The number of allylic oxidation sites excluding steroid dienone is 4. The summed E-state index contributed by atoms with van der Waals surface area (Å²) in [5, 5.41) is 23.4. The van der Waals surface area contributed by atoms with Gasteiger partial charge >= 0.3 is 11.9 Å². The Labute approximate surface area is 188 Å². The molecule has 0 aromatic heterocycles. The molecule has 0 spiro atoms. The fourth-order valence-electron chi connectivity index (χ4n) is 7.56. The first-order chi connectivity index (χ1) is 14.9. The summed E-state index contributed by atoms with van der Waals surface area (Å²) in [4.78, 5) is 35.2. The molecule has 0 unspecified atom stereocenters. The number of esters is 2. The van der Waals surface area contributed by atoms with Crippen molar-refractivity contribution < 1.29 is 34.1 Å². The van der Waals surface area contributed by atoms with Crippen molar-refractivity contribution in [3.8, 4) is 0 Å². The zero-order valence-corrected chi connectivity index (χ0v) is 19.3. The second-order valence-electron chi connectivity index (χ2n) is 10.6.